The Balaban J connectivity index is 1.80. The summed E-state index contributed by atoms with van der Waals surface area (Å²) in [6.07, 6.45) is 1.51. The summed E-state index contributed by atoms with van der Waals surface area (Å²) in [6.45, 7) is 3.96. The molecular weight excluding hydrogens is 336 g/mol. The Morgan fingerprint density at radius 2 is 1.69 bits per heavy atom. The molecule has 2 N–H and O–H groups in total. The Morgan fingerprint density at radius 1 is 0.962 bits per heavy atom. The fraction of sp³-hybridized carbons (Fsp3) is 0.100. The predicted octanol–water partition coefficient (Wildman–Crippen LogP) is 4.97. The molecule has 2 aromatic carbocycles. The Hall–Kier alpha value is -3.28. The minimum atomic E-state index is -1.02. The number of amides is 1. The number of para-hydroxylation sites is 1. The number of aromatic nitrogens is 1. The van der Waals surface area contributed by atoms with Crippen molar-refractivity contribution in [3.05, 3.63) is 83.1 Å². The standard InChI is InChI=1S/C20H17F2N3O/c1-12-4-3-5-13(2)19(12)25-18-10-14(8-9-23-18)20(26)24-15-6-7-16(21)17(22)11-15/h3-11H,1-2H3,(H,23,25)(H,24,26). The van der Waals surface area contributed by atoms with E-state index in [1.807, 2.05) is 32.0 Å². The van der Waals surface area contributed by atoms with Crippen LogP contribution in [0.1, 0.15) is 21.5 Å². The summed E-state index contributed by atoms with van der Waals surface area (Å²) < 4.78 is 26.2. The lowest BCUT2D eigenvalue weighted by Crippen LogP contribution is -2.13. The first-order valence-electron chi connectivity index (χ1n) is 8.00. The number of rotatable bonds is 4. The molecule has 0 bridgehead atoms. The molecular formula is C20H17F2N3O. The number of pyridine rings is 1. The molecule has 0 saturated carbocycles. The third kappa shape index (κ3) is 3.85. The van der Waals surface area contributed by atoms with Gasteiger partial charge in [0.25, 0.3) is 5.91 Å². The summed E-state index contributed by atoms with van der Waals surface area (Å²) in [7, 11) is 0. The van der Waals surface area contributed by atoms with E-state index in [4.69, 9.17) is 0 Å². The number of hydrogen-bond donors (Lipinski definition) is 2. The molecule has 0 atom stereocenters. The van der Waals surface area contributed by atoms with Crippen LogP contribution in [0.2, 0.25) is 0 Å². The van der Waals surface area contributed by atoms with E-state index in [-0.39, 0.29) is 5.69 Å². The van der Waals surface area contributed by atoms with Crippen LogP contribution in [-0.2, 0) is 0 Å². The highest BCUT2D eigenvalue weighted by atomic mass is 19.2. The van der Waals surface area contributed by atoms with Crippen molar-refractivity contribution in [1.29, 1.82) is 0 Å². The molecule has 4 nitrogen and oxygen atoms in total. The lowest BCUT2D eigenvalue weighted by atomic mass is 10.1. The molecule has 0 fully saturated rings. The summed E-state index contributed by atoms with van der Waals surface area (Å²) in [4.78, 5) is 16.6. The van der Waals surface area contributed by atoms with Gasteiger partial charge in [0.2, 0.25) is 0 Å². The van der Waals surface area contributed by atoms with Crippen molar-refractivity contribution in [2.75, 3.05) is 10.6 Å². The van der Waals surface area contributed by atoms with Gasteiger partial charge in [0.15, 0.2) is 11.6 Å². The molecule has 0 unspecified atom stereocenters. The fourth-order valence-electron chi connectivity index (χ4n) is 2.56. The van der Waals surface area contributed by atoms with E-state index in [0.717, 1.165) is 28.9 Å². The normalized spacial score (nSPS) is 10.5. The van der Waals surface area contributed by atoms with Crippen LogP contribution in [0, 0.1) is 25.5 Å². The average Bonchev–Trinajstić information content (AvgIpc) is 2.62. The van der Waals surface area contributed by atoms with Crippen molar-refractivity contribution in [3.63, 3.8) is 0 Å². The molecule has 1 aromatic heterocycles. The van der Waals surface area contributed by atoms with E-state index < -0.39 is 17.5 Å². The Morgan fingerprint density at radius 3 is 2.38 bits per heavy atom. The van der Waals surface area contributed by atoms with Gasteiger partial charge in [0.1, 0.15) is 5.82 Å². The zero-order valence-corrected chi connectivity index (χ0v) is 14.3. The number of halogens is 2. The van der Waals surface area contributed by atoms with Gasteiger partial charge in [-0.2, -0.15) is 0 Å². The van der Waals surface area contributed by atoms with Gasteiger partial charge < -0.3 is 10.6 Å². The highest BCUT2D eigenvalue weighted by Crippen LogP contribution is 2.24. The predicted molar refractivity (Wildman–Crippen MR) is 97.7 cm³/mol. The average molecular weight is 353 g/mol. The van der Waals surface area contributed by atoms with Crippen molar-refractivity contribution in [2.45, 2.75) is 13.8 Å². The second-order valence-electron chi connectivity index (χ2n) is 5.90. The second-order valence-corrected chi connectivity index (χ2v) is 5.90. The van der Waals surface area contributed by atoms with Gasteiger partial charge in [-0.3, -0.25) is 4.79 Å². The van der Waals surface area contributed by atoms with E-state index >= 15 is 0 Å². The Kier molecular flexibility index (Phi) is 4.93. The largest absolute Gasteiger partial charge is 0.340 e. The number of hydrogen-bond acceptors (Lipinski definition) is 3. The first kappa shape index (κ1) is 17.5. The number of nitrogens with zero attached hydrogens (tertiary/aromatic N) is 1. The molecule has 1 amide bonds. The quantitative estimate of drug-likeness (QED) is 0.696. The minimum Gasteiger partial charge on any atom is -0.340 e. The van der Waals surface area contributed by atoms with Gasteiger partial charge in [-0.1, -0.05) is 18.2 Å². The molecule has 1 heterocycles. The first-order valence-corrected chi connectivity index (χ1v) is 8.00. The molecule has 132 valence electrons. The summed E-state index contributed by atoms with van der Waals surface area (Å²) in [5, 5.41) is 5.75. The summed E-state index contributed by atoms with van der Waals surface area (Å²) in [5.41, 5.74) is 3.57. The molecule has 3 rings (SSSR count). The van der Waals surface area contributed by atoms with E-state index in [9.17, 15) is 13.6 Å². The Bertz CT molecular complexity index is 953. The van der Waals surface area contributed by atoms with Crippen molar-refractivity contribution in [2.24, 2.45) is 0 Å². The first-order chi connectivity index (χ1) is 12.4. The molecule has 3 aromatic rings. The smallest absolute Gasteiger partial charge is 0.255 e. The number of carbonyl (C=O) groups is 1. The lowest BCUT2D eigenvalue weighted by molar-refractivity contribution is 0.102. The van der Waals surface area contributed by atoms with Crippen LogP contribution < -0.4 is 10.6 Å². The van der Waals surface area contributed by atoms with Gasteiger partial charge in [0, 0.05) is 29.2 Å². The summed E-state index contributed by atoms with van der Waals surface area (Å²) in [5.74, 6) is -1.91. The van der Waals surface area contributed by atoms with Gasteiger partial charge in [-0.25, -0.2) is 13.8 Å². The molecule has 0 aliphatic carbocycles. The minimum absolute atomic E-state index is 0.176. The third-order valence-corrected chi connectivity index (χ3v) is 3.93. The van der Waals surface area contributed by atoms with Crippen LogP contribution in [0.4, 0.5) is 26.0 Å². The number of aryl methyl sites for hydroxylation is 2. The van der Waals surface area contributed by atoms with Crippen LogP contribution in [0.3, 0.4) is 0 Å². The maximum absolute atomic E-state index is 13.3. The lowest BCUT2D eigenvalue weighted by Gasteiger charge is -2.12. The number of nitrogens with one attached hydrogen (secondary N) is 2. The van der Waals surface area contributed by atoms with E-state index in [2.05, 4.69) is 15.6 Å². The maximum Gasteiger partial charge on any atom is 0.255 e. The number of benzene rings is 2. The number of carbonyl (C=O) groups excluding carboxylic acids is 1. The highest BCUT2D eigenvalue weighted by molar-refractivity contribution is 6.04. The molecule has 0 aliphatic rings. The summed E-state index contributed by atoms with van der Waals surface area (Å²) >= 11 is 0. The molecule has 6 heteroatoms. The SMILES string of the molecule is Cc1cccc(C)c1Nc1cc(C(=O)Nc2ccc(F)c(F)c2)ccn1. The van der Waals surface area contributed by atoms with E-state index in [1.54, 1.807) is 12.1 Å². The zero-order valence-electron chi connectivity index (χ0n) is 14.3. The molecule has 0 radical (unpaired) electrons. The highest BCUT2D eigenvalue weighted by Gasteiger charge is 2.10. The van der Waals surface area contributed by atoms with Gasteiger partial charge in [-0.05, 0) is 49.2 Å². The third-order valence-electron chi connectivity index (χ3n) is 3.93. The maximum atomic E-state index is 13.3. The van der Waals surface area contributed by atoms with Crippen LogP contribution in [0.5, 0.6) is 0 Å². The van der Waals surface area contributed by atoms with Crippen molar-refractivity contribution in [3.8, 4) is 0 Å². The fourth-order valence-corrected chi connectivity index (χ4v) is 2.56. The Labute approximate surface area is 149 Å². The second kappa shape index (κ2) is 7.31. The van der Waals surface area contributed by atoms with Crippen LogP contribution in [0.15, 0.2) is 54.7 Å². The monoisotopic (exact) mass is 353 g/mol. The number of anilines is 3. The molecule has 0 aliphatic heterocycles. The van der Waals surface area contributed by atoms with Crippen molar-refractivity contribution >= 4 is 23.1 Å². The summed E-state index contributed by atoms with van der Waals surface area (Å²) in [6, 6.07) is 12.3. The van der Waals surface area contributed by atoms with Crippen LogP contribution in [0.25, 0.3) is 0 Å². The van der Waals surface area contributed by atoms with E-state index in [1.165, 1.54) is 12.3 Å². The van der Waals surface area contributed by atoms with Crippen LogP contribution >= 0.6 is 0 Å². The van der Waals surface area contributed by atoms with E-state index in [0.29, 0.717) is 11.4 Å². The molecule has 26 heavy (non-hydrogen) atoms. The molecule has 0 spiro atoms. The van der Waals surface area contributed by atoms with Crippen molar-refractivity contribution < 1.29 is 13.6 Å². The topological polar surface area (TPSA) is 54.0 Å². The van der Waals surface area contributed by atoms with Crippen molar-refractivity contribution in [1.82, 2.24) is 4.98 Å². The van der Waals surface area contributed by atoms with Crippen LogP contribution in [-0.4, -0.2) is 10.9 Å². The van der Waals surface area contributed by atoms with Gasteiger partial charge in [-0.15, -0.1) is 0 Å². The molecule has 0 saturated heterocycles. The zero-order chi connectivity index (χ0) is 18.7. The van der Waals surface area contributed by atoms with Gasteiger partial charge >= 0.3 is 0 Å². The van der Waals surface area contributed by atoms with Gasteiger partial charge in [0.05, 0.1) is 0 Å².